The maximum Gasteiger partial charge on any atom is 0.345 e. The number of piperidine rings is 1. The second-order valence-electron chi connectivity index (χ2n) is 9.48. The van der Waals surface area contributed by atoms with Crippen LogP contribution in [-0.4, -0.2) is 27.4 Å². The van der Waals surface area contributed by atoms with Crippen LogP contribution in [0.2, 0.25) is 0 Å². The fraction of sp³-hybridized carbons (Fsp3) is 0.900. The Balaban J connectivity index is 1.44. The summed E-state index contributed by atoms with van der Waals surface area (Å²) in [7, 11) is 0. The molecule has 2 heterocycles. The molecule has 5 nitrogen and oxygen atoms in total. The Morgan fingerprint density at radius 3 is 2.24 bits per heavy atom. The number of nitrogens with one attached hydrogen (secondary N) is 1. The van der Waals surface area contributed by atoms with Crippen molar-refractivity contribution in [3.63, 3.8) is 0 Å². The summed E-state index contributed by atoms with van der Waals surface area (Å²) in [5, 5.41) is 8.34. The largest absolute Gasteiger partial charge is 0.345 e. The van der Waals surface area contributed by atoms with Crippen LogP contribution in [0.25, 0.3) is 0 Å². The third-order valence-electron chi connectivity index (χ3n) is 7.62. The van der Waals surface area contributed by atoms with Gasteiger partial charge in [-0.2, -0.15) is 5.10 Å². The van der Waals surface area contributed by atoms with Crippen molar-refractivity contribution in [3.05, 3.63) is 16.3 Å². The second kappa shape index (κ2) is 5.97. The first kappa shape index (κ1) is 16.1. The Hall–Kier alpha value is -1.10. The molecule has 0 atom stereocenters. The zero-order chi connectivity index (χ0) is 17.0. The van der Waals surface area contributed by atoms with Gasteiger partial charge in [-0.25, -0.2) is 9.48 Å². The van der Waals surface area contributed by atoms with Gasteiger partial charge in [0.2, 0.25) is 0 Å². The van der Waals surface area contributed by atoms with Crippen molar-refractivity contribution in [1.29, 1.82) is 0 Å². The minimum absolute atomic E-state index is 0.145. The van der Waals surface area contributed by atoms with Crippen molar-refractivity contribution in [2.24, 2.45) is 23.2 Å². The van der Waals surface area contributed by atoms with Crippen molar-refractivity contribution >= 4 is 0 Å². The van der Waals surface area contributed by atoms with Crippen LogP contribution in [0, 0.1) is 23.2 Å². The second-order valence-corrected chi connectivity index (χ2v) is 9.48. The van der Waals surface area contributed by atoms with Crippen molar-refractivity contribution in [2.45, 2.75) is 77.3 Å². The number of hydrogen-bond donors (Lipinski definition) is 1. The van der Waals surface area contributed by atoms with Gasteiger partial charge in [-0.1, -0.05) is 0 Å². The molecule has 1 saturated heterocycles. The maximum absolute atomic E-state index is 13.0. The standard InChI is InChI=1S/C20H32N4O/c1-2-23-18(17-3-5-21-6-4-17)22-24(19(23)25)13-20-10-14-7-15(11-20)9-16(8-14)12-20/h14-17,21H,2-13H2,1H3. The van der Waals surface area contributed by atoms with Gasteiger partial charge in [0.15, 0.2) is 0 Å². The highest BCUT2D eigenvalue weighted by molar-refractivity contribution is 5.03. The van der Waals surface area contributed by atoms with E-state index in [9.17, 15) is 4.79 Å². The van der Waals surface area contributed by atoms with Gasteiger partial charge in [-0.15, -0.1) is 0 Å². The van der Waals surface area contributed by atoms with Crippen molar-refractivity contribution in [3.8, 4) is 0 Å². The van der Waals surface area contributed by atoms with E-state index in [0.717, 1.165) is 62.6 Å². The molecular formula is C20H32N4O. The summed E-state index contributed by atoms with van der Waals surface area (Å²) in [5.41, 5.74) is 0.517. The molecule has 1 aliphatic heterocycles. The van der Waals surface area contributed by atoms with E-state index in [1.807, 2.05) is 9.25 Å². The Bertz CT molecular complexity index is 662. The topological polar surface area (TPSA) is 51.9 Å². The van der Waals surface area contributed by atoms with E-state index in [-0.39, 0.29) is 5.69 Å². The van der Waals surface area contributed by atoms with Crippen molar-refractivity contribution < 1.29 is 0 Å². The summed E-state index contributed by atoms with van der Waals surface area (Å²) in [5.74, 6) is 4.29. The highest BCUT2D eigenvalue weighted by atomic mass is 16.2. The molecule has 0 aromatic carbocycles. The molecule has 138 valence electrons. The summed E-state index contributed by atoms with van der Waals surface area (Å²) >= 11 is 0. The molecular weight excluding hydrogens is 312 g/mol. The Kier molecular flexibility index (Phi) is 3.84. The average Bonchev–Trinajstić information content (AvgIpc) is 2.90. The zero-order valence-electron chi connectivity index (χ0n) is 15.5. The third-order valence-corrected chi connectivity index (χ3v) is 7.62. The molecule has 0 unspecified atom stereocenters. The summed E-state index contributed by atoms with van der Waals surface area (Å²) in [6, 6.07) is 0. The molecule has 1 aromatic rings. The van der Waals surface area contributed by atoms with Crippen LogP contribution in [-0.2, 0) is 13.1 Å². The number of nitrogens with zero attached hydrogens (tertiary/aromatic N) is 3. The van der Waals surface area contributed by atoms with E-state index >= 15 is 0 Å². The molecule has 0 radical (unpaired) electrons. The monoisotopic (exact) mass is 344 g/mol. The van der Waals surface area contributed by atoms with Crippen LogP contribution in [0.15, 0.2) is 4.79 Å². The summed E-state index contributed by atoms with van der Waals surface area (Å²) < 4.78 is 3.82. The fourth-order valence-electron chi connectivity index (χ4n) is 7.04. The molecule has 25 heavy (non-hydrogen) atoms. The highest BCUT2D eigenvalue weighted by Gasteiger charge is 2.51. The third kappa shape index (κ3) is 2.70. The first-order chi connectivity index (χ1) is 12.2. The lowest BCUT2D eigenvalue weighted by Crippen LogP contribution is -2.49. The Labute approximate surface area is 150 Å². The SMILES string of the molecule is CCn1c(C2CCNCC2)nn(CC23CC4CC(CC(C4)C2)C3)c1=O. The molecule has 1 N–H and O–H groups in total. The van der Waals surface area contributed by atoms with Crippen molar-refractivity contribution in [1.82, 2.24) is 19.7 Å². The highest BCUT2D eigenvalue weighted by Crippen LogP contribution is 2.60. The van der Waals surface area contributed by atoms with Gasteiger partial charge in [0.1, 0.15) is 5.82 Å². The van der Waals surface area contributed by atoms with Crippen LogP contribution in [0.5, 0.6) is 0 Å². The smallest absolute Gasteiger partial charge is 0.317 e. The minimum atomic E-state index is 0.145. The van der Waals surface area contributed by atoms with Gasteiger partial charge >= 0.3 is 5.69 Å². The predicted molar refractivity (Wildman–Crippen MR) is 97.6 cm³/mol. The molecule has 4 bridgehead atoms. The number of rotatable bonds is 4. The fourth-order valence-corrected chi connectivity index (χ4v) is 7.04. The van der Waals surface area contributed by atoms with Gasteiger partial charge in [0, 0.05) is 12.5 Å². The van der Waals surface area contributed by atoms with E-state index in [2.05, 4.69) is 12.2 Å². The lowest BCUT2D eigenvalue weighted by atomic mass is 9.49. The van der Waals surface area contributed by atoms with E-state index < -0.39 is 0 Å². The average molecular weight is 345 g/mol. The molecule has 5 heteroatoms. The maximum atomic E-state index is 13.0. The van der Waals surface area contributed by atoms with Gasteiger partial charge in [-0.3, -0.25) is 4.57 Å². The minimum Gasteiger partial charge on any atom is -0.317 e. The number of hydrogen-bond acceptors (Lipinski definition) is 3. The van der Waals surface area contributed by atoms with Crippen LogP contribution in [0.3, 0.4) is 0 Å². The quantitative estimate of drug-likeness (QED) is 0.914. The van der Waals surface area contributed by atoms with E-state index in [0.29, 0.717) is 11.3 Å². The molecule has 5 fully saturated rings. The normalized spacial score (nSPS) is 37.7. The molecule has 0 amide bonds. The predicted octanol–water partition coefficient (Wildman–Crippen LogP) is 2.75. The molecule has 6 rings (SSSR count). The first-order valence-corrected chi connectivity index (χ1v) is 10.5. The van der Waals surface area contributed by atoms with Crippen LogP contribution in [0.4, 0.5) is 0 Å². The van der Waals surface area contributed by atoms with Crippen LogP contribution >= 0.6 is 0 Å². The molecule has 1 aromatic heterocycles. The van der Waals surface area contributed by atoms with Crippen molar-refractivity contribution in [2.75, 3.05) is 13.1 Å². The summed E-state index contributed by atoms with van der Waals surface area (Å²) in [6.07, 6.45) is 10.6. The van der Waals surface area contributed by atoms with Gasteiger partial charge in [-0.05, 0) is 94.5 Å². The lowest BCUT2D eigenvalue weighted by molar-refractivity contribution is -0.0641. The molecule has 0 spiro atoms. The van der Waals surface area contributed by atoms with Gasteiger partial charge in [0.05, 0.1) is 6.54 Å². The first-order valence-electron chi connectivity index (χ1n) is 10.5. The lowest BCUT2D eigenvalue weighted by Gasteiger charge is -2.56. The van der Waals surface area contributed by atoms with Gasteiger partial charge in [0.25, 0.3) is 0 Å². The molecule has 5 aliphatic rings. The number of aromatic nitrogens is 3. The Morgan fingerprint density at radius 2 is 1.68 bits per heavy atom. The Morgan fingerprint density at radius 1 is 1.08 bits per heavy atom. The summed E-state index contributed by atoms with van der Waals surface area (Å²) in [4.78, 5) is 13.0. The van der Waals surface area contributed by atoms with E-state index in [1.165, 1.54) is 38.5 Å². The van der Waals surface area contributed by atoms with Crippen LogP contribution < -0.4 is 11.0 Å². The van der Waals surface area contributed by atoms with E-state index in [4.69, 9.17) is 5.10 Å². The molecule has 4 saturated carbocycles. The van der Waals surface area contributed by atoms with E-state index in [1.54, 1.807) is 0 Å². The van der Waals surface area contributed by atoms with Crippen LogP contribution in [0.1, 0.15) is 70.0 Å². The van der Waals surface area contributed by atoms with Gasteiger partial charge < -0.3 is 5.32 Å². The molecule has 4 aliphatic carbocycles. The zero-order valence-corrected chi connectivity index (χ0v) is 15.5. The summed E-state index contributed by atoms with van der Waals surface area (Å²) in [6.45, 7) is 5.80.